The highest BCUT2D eigenvalue weighted by molar-refractivity contribution is 14.0. The van der Waals surface area contributed by atoms with Crippen LogP contribution in [0, 0.1) is 0 Å². The largest absolute Gasteiger partial charge is 0.382 e. The maximum Gasteiger partial charge on any atom is 0.188 e. The summed E-state index contributed by atoms with van der Waals surface area (Å²) in [5.41, 5.74) is 5.75. The molecule has 0 fully saturated rings. The third-order valence-electron chi connectivity index (χ3n) is 2.77. The molecule has 0 aromatic carbocycles. The first-order chi connectivity index (χ1) is 8.81. The van der Waals surface area contributed by atoms with Gasteiger partial charge in [0.25, 0.3) is 0 Å². The Morgan fingerprint density at radius 3 is 2.42 bits per heavy atom. The van der Waals surface area contributed by atoms with Crippen molar-refractivity contribution in [2.75, 3.05) is 26.3 Å². The molecular formula is C14H32IN3O. The average molecular weight is 385 g/mol. The van der Waals surface area contributed by atoms with Gasteiger partial charge in [0, 0.05) is 26.3 Å². The van der Waals surface area contributed by atoms with Gasteiger partial charge < -0.3 is 15.8 Å². The molecule has 19 heavy (non-hydrogen) atoms. The lowest BCUT2D eigenvalue weighted by Crippen LogP contribution is -2.32. The first-order valence-corrected chi connectivity index (χ1v) is 7.42. The molecule has 0 unspecified atom stereocenters. The molecule has 0 bridgehead atoms. The number of unbranched alkanes of at least 4 members (excludes halogenated alkanes) is 5. The molecule has 0 aliphatic rings. The summed E-state index contributed by atoms with van der Waals surface area (Å²) in [5, 5.41) is 3.15. The van der Waals surface area contributed by atoms with Crippen LogP contribution in [0.15, 0.2) is 4.99 Å². The van der Waals surface area contributed by atoms with Crippen LogP contribution in [0.1, 0.15) is 58.8 Å². The third-order valence-corrected chi connectivity index (χ3v) is 2.77. The molecule has 5 heteroatoms. The lowest BCUT2D eigenvalue weighted by molar-refractivity contribution is 0.146. The zero-order valence-corrected chi connectivity index (χ0v) is 14.9. The van der Waals surface area contributed by atoms with E-state index in [0.29, 0.717) is 5.96 Å². The van der Waals surface area contributed by atoms with Gasteiger partial charge in [-0.05, 0) is 19.8 Å². The second-order valence-corrected chi connectivity index (χ2v) is 4.51. The van der Waals surface area contributed by atoms with Crippen molar-refractivity contribution >= 4 is 29.9 Å². The second kappa shape index (κ2) is 18.0. The third kappa shape index (κ3) is 18.0. The van der Waals surface area contributed by atoms with Crippen LogP contribution in [0.4, 0.5) is 0 Å². The van der Waals surface area contributed by atoms with E-state index in [1.807, 2.05) is 6.92 Å². The fourth-order valence-corrected chi connectivity index (χ4v) is 1.69. The number of nitrogens with one attached hydrogen (secondary N) is 1. The van der Waals surface area contributed by atoms with Gasteiger partial charge in [0.1, 0.15) is 0 Å². The number of hydrogen-bond donors (Lipinski definition) is 2. The monoisotopic (exact) mass is 385 g/mol. The molecule has 0 aliphatic carbocycles. The van der Waals surface area contributed by atoms with Crippen LogP contribution in [0.5, 0.6) is 0 Å². The normalized spacial score (nSPS) is 11.2. The molecule has 3 N–H and O–H groups in total. The summed E-state index contributed by atoms with van der Waals surface area (Å²) < 4.78 is 5.23. The van der Waals surface area contributed by atoms with Gasteiger partial charge in [0.15, 0.2) is 5.96 Å². The van der Waals surface area contributed by atoms with Crippen molar-refractivity contribution < 1.29 is 4.74 Å². The number of guanidine groups is 1. The van der Waals surface area contributed by atoms with Crippen molar-refractivity contribution in [2.45, 2.75) is 58.8 Å². The standard InChI is InChI=1S/C14H31N3O.HI/c1-3-5-6-7-8-9-11-16-14(15)17-12-10-13-18-4-2;/h3-13H2,1-2H3,(H3,15,16,17);1H. The highest BCUT2D eigenvalue weighted by atomic mass is 127. The lowest BCUT2D eigenvalue weighted by atomic mass is 10.1. The number of halogens is 1. The van der Waals surface area contributed by atoms with Gasteiger partial charge in [0.05, 0.1) is 0 Å². The number of nitrogens with zero attached hydrogens (tertiary/aromatic N) is 1. The first-order valence-electron chi connectivity index (χ1n) is 7.42. The molecule has 0 aliphatic heterocycles. The van der Waals surface area contributed by atoms with Crippen LogP contribution in [0.25, 0.3) is 0 Å². The van der Waals surface area contributed by atoms with E-state index >= 15 is 0 Å². The van der Waals surface area contributed by atoms with Crippen LogP contribution in [-0.4, -0.2) is 32.3 Å². The molecular weight excluding hydrogens is 353 g/mol. The molecule has 0 saturated heterocycles. The highest BCUT2D eigenvalue weighted by Crippen LogP contribution is 2.03. The van der Waals surface area contributed by atoms with Crippen molar-refractivity contribution in [1.82, 2.24) is 5.32 Å². The number of nitrogens with two attached hydrogens (primary N) is 1. The predicted molar refractivity (Wildman–Crippen MR) is 94.4 cm³/mol. The van der Waals surface area contributed by atoms with Crippen molar-refractivity contribution in [3.05, 3.63) is 0 Å². The van der Waals surface area contributed by atoms with E-state index < -0.39 is 0 Å². The first kappa shape index (κ1) is 21.3. The average Bonchev–Trinajstić information content (AvgIpc) is 2.37. The van der Waals surface area contributed by atoms with Crippen LogP contribution in [0.3, 0.4) is 0 Å². The Kier molecular flexibility index (Phi) is 20.1. The summed E-state index contributed by atoms with van der Waals surface area (Å²) >= 11 is 0. The Hall–Kier alpha value is -0.0400. The summed E-state index contributed by atoms with van der Waals surface area (Å²) in [6.07, 6.45) is 8.76. The molecule has 116 valence electrons. The SMILES string of the molecule is CCCCCCCCNC(N)=NCCCOCC.I. The van der Waals surface area contributed by atoms with Crippen molar-refractivity contribution in [3.63, 3.8) is 0 Å². The van der Waals surface area contributed by atoms with Crippen LogP contribution in [-0.2, 0) is 4.74 Å². The minimum absolute atomic E-state index is 0. The number of hydrogen-bond acceptors (Lipinski definition) is 2. The van der Waals surface area contributed by atoms with E-state index in [9.17, 15) is 0 Å². The van der Waals surface area contributed by atoms with Crippen LogP contribution in [0.2, 0.25) is 0 Å². The van der Waals surface area contributed by atoms with E-state index in [1.165, 1.54) is 38.5 Å². The van der Waals surface area contributed by atoms with Crippen molar-refractivity contribution in [2.24, 2.45) is 10.7 Å². The molecule has 0 saturated carbocycles. The minimum atomic E-state index is 0. The molecule has 0 rings (SSSR count). The Bertz CT molecular complexity index is 201. The van der Waals surface area contributed by atoms with Gasteiger partial charge in [-0.1, -0.05) is 39.0 Å². The van der Waals surface area contributed by atoms with Gasteiger partial charge >= 0.3 is 0 Å². The maximum atomic E-state index is 5.75. The Labute approximate surface area is 136 Å². The number of rotatable bonds is 12. The zero-order valence-electron chi connectivity index (χ0n) is 12.6. The Morgan fingerprint density at radius 1 is 1.05 bits per heavy atom. The molecule has 0 atom stereocenters. The van der Waals surface area contributed by atoms with E-state index in [2.05, 4.69) is 17.2 Å². The zero-order chi connectivity index (χ0) is 13.5. The van der Waals surface area contributed by atoms with Gasteiger partial charge in [-0.2, -0.15) is 0 Å². The van der Waals surface area contributed by atoms with Gasteiger partial charge in [0.2, 0.25) is 0 Å². The molecule has 0 spiro atoms. The van der Waals surface area contributed by atoms with Crippen LogP contribution < -0.4 is 11.1 Å². The van der Waals surface area contributed by atoms with Crippen LogP contribution >= 0.6 is 24.0 Å². The topological polar surface area (TPSA) is 59.6 Å². The minimum Gasteiger partial charge on any atom is -0.382 e. The lowest BCUT2D eigenvalue weighted by Gasteiger charge is -2.05. The summed E-state index contributed by atoms with van der Waals surface area (Å²) in [7, 11) is 0. The summed E-state index contributed by atoms with van der Waals surface area (Å²) in [5.74, 6) is 0.569. The Balaban J connectivity index is 0. The summed E-state index contributed by atoms with van der Waals surface area (Å²) in [4.78, 5) is 4.25. The number of aliphatic imine (C=N–C) groups is 1. The van der Waals surface area contributed by atoms with Crippen molar-refractivity contribution in [1.29, 1.82) is 0 Å². The highest BCUT2D eigenvalue weighted by Gasteiger charge is 1.93. The molecule has 4 nitrogen and oxygen atoms in total. The van der Waals surface area contributed by atoms with Gasteiger partial charge in [-0.25, -0.2) is 0 Å². The fourth-order valence-electron chi connectivity index (χ4n) is 1.69. The molecule has 0 radical (unpaired) electrons. The van der Waals surface area contributed by atoms with Gasteiger partial charge in [-0.3, -0.25) is 4.99 Å². The molecule has 0 amide bonds. The quantitative estimate of drug-likeness (QED) is 0.235. The second-order valence-electron chi connectivity index (χ2n) is 4.51. The fraction of sp³-hybridized carbons (Fsp3) is 0.929. The van der Waals surface area contributed by atoms with E-state index in [1.54, 1.807) is 0 Å². The van der Waals surface area contributed by atoms with Gasteiger partial charge in [-0.15, -0.1) is 24.0 Å². The van der Waals surface area contributed by atoms with E-state index in [0.717, 1.165) is 32.7 Å². The summed E-state index contributed by atoms with van der Waals surface area (Å²) in [6.45, 7) is 7.46. The smallest absolute Gasteiger partial charge is 0.188 e. The maximum absolute atomic E-state index is 5.75. The predicted octanol–water partition coefficient (Wildman–Crippen LogP) is 3.30. The van der Waals surface area contributed by atoms with E-state index in [4.69, 9.17) is 10.5 Å². The molecule has 0 heterocycles. The number of ether oxygens (including phenoxy) is 1. The molecule has 0 aromatic heterocycles. The molecule has 0 aromatic rings. The van der Waals surface area contributed by atoms with Crippen molar-refractivity contribution in [3.8, 4) is 0 Å². The summed E-state index contributed by atoms with van der Waals surface area (Å²) in [6, 6.07) is 0. The Morgan fingerprint density at radius 2 is 1.74 bits per heavy atom. The van der Waals surface area contributed by atoms with E-state index in [-0.39, 0.29) is 24.0 Å².